The molecule has 226 valence electrons. The third-order valence-electron chi connectivity index (χ3n) is 7.09. The first-order valence-corrected chi connectivity index (χ1v) is 17.0. The zero-order valence-electron chi connectivity index (χ0n) is 23.4. The minimum Gasteiger partial charge on any atom is -0.748 e. The topological polar surface area (TPSA) is 157 Å². The SMILES string of the molecule is CCN(CCS(=O)(=O)O)c1ccc(C=CC2=[N+](CCCCS(=O)(=O)[O-])c3ccc(SOOO)cc3C2(C)C)c(C)c1. The highest BCUT2D eigenvalue weighted by molar-refractivity contribution is 7.94. The van der Waals surface area contributed by atoms with E-state index < -0.39 is 31.4 Å². The van der Waals surface area contributed by atoms with Crippen LogP contribution >= 0.6 is 12.0 Å². The molecule has 0 saturated carbocycles. The van der Waals surface area contributed by atoms with E-state index in [0.717, 1.165) is 50.7 Å². The summed E-state index contributed by atoms with van der Waals surface area (Å²) in [6, 6.07) is 11.5. The number of anilines is 1. The molecule has 11 nitrogen and oxygen atoms in total. The van der Waals surface area contributed by atoms with Crippen molar-refractivity contribution in [1.82, 2.24) is 0 Å². The number of allylic oxidation sites excluding steroid dienone is 1. The van der Waals surface area contributed by atoms with Gasteiger partial charge in [-0.3, -0.25) is 4.55 Å². The standard InChI is InChI=1S/C27H36N2O9S3/c1-5-28(15-17-41(34,35)36)22-10-8-21(20(2)18-22)9-13-26-27(3,4)24-19-23(39-38-37-30)11-12-25(24)29(26)14-6-7-16-40(31,32)33/h8-13,18-19H,5-7,14-17H2,1-4H3,(H2-,30,31,32,33,34,35,36). The molecule has 41 heavy (non-hydrogen) atoms. The van der Waals surface area contributed by atoms with Crippen molar-refractivity contribution in [3.05, 3.63) is 59.2 Å². The summed E-state index contributed by atoms with van der Waals surface area (Å²) in [7, 11) is -8.36. The number of benzene rings is 2. The Labute approximate surface area is 246 Å². The zero-order chi connectivity index (χ0) is 30.4. The Bertz CT molecular complexity index is 1520. The molecule has 1 aliphatic rings. The second-order valence-electron chi connectivity index (χ2n) is 10.3. The lowest BCUT2D eigenvalue weighted by Crippen LogP contribution is -2.29. The van der Waals surface area contributed by atoms with E-state index in [-0.39, 0.29) is 18.7 Å². The molecule has 2 N–H and O–H groups in total. The number of unbranched alkanes of at least 4 members (excludes halogenated alkanes) is 1. The van der Waals surface area contributed by atoms with E-state index in [1.165, 1.54) is 0 Å². The van der Waals surface area contributed by atoms with E-state index in [9.17, 15) is 21.4 Å². The van der Waals surface area contributed by atoms with E-state index in [4.69, 9.17) is 9.81 Å². The number of fused-ring (bicyclic) bond motifs is 1. The minimum absolute atomic E-state index is 0.173. The minimum atomic E-state index is -4.29. The highest BCUT2D eigenvalue weighted by Gasteiger charge is 2.44. The molecular weight excluding hydrogens is 593 g/mol. The van der Waals surface area contributed by atoms with E-state index in [2.05, 4.69) is 27.8 Å². The largest absolute Gasteiger partial charge is 0.748 e. The molecule has 0 saturated heterocycles. The lowest BCUT2D eigenvalue weighted by molar-refractivity contribution is -0.438. The molecule has 0 fully saturated rings. The van der Waals surface area contributed by atoms with Gasteiger partial charge in [-0.15, -0.1) is 4.33 Å². The summed E-state index contributed by atoms with van der Waals surface area (Å²) in [5.74, 6) is -0.771. The van der Waals surface area contributed by atoms with Crippen LogP contribution < -0.4 is 4.90 Å². The van der Waals surface area contributed by atoms with Crippen molar-refractivity contribution in [2.24, 2.45) is 0 Å². The Morgan fingerprint density at radius 1 is 1.07 bits per heavy atom. The smallest absolute Gasteiger partial charge is 0.266 e. The van der Waals surface area contributed by atoms with Crippen molar-refractivity contribution < 1.29 is 45.1 Å². The second kappa shape index (κ2) is 13.8. The van der Waals surface area contributed by atoms with Crippen LogP contribution in [0.5, 0.6) is 0 Å². The van der Waals surface area contributed by atoms with Gasteiger partial charge in [0, 0.05) is 53.6 Å². The molecule has 3 rings (SSSR count). The average molecular weight is 629 g/mol. The lowest BCUT2D eigenvalue weighted by atomic mass is 9.81. The van der Waals surface area contributed by atoms with Crippen molar-refractivity contribution >= 4 is 55.4 Å². The first-order chi connectivity index (χ1) is 19.2. The van der Waals surface area contributed by atoms with E-state index in [1.807, 2.05) is 67.3 Å². The zero-order valence-corrected chi connectivity index (χ0v) is 25.9. The van der Waals surface area contributed by atoms with Gasteiger partial charge in [0.05, 0.1) is 33.3 Å². The van der Waals surface area contributed by atoms with Crippen molar-refractivity contribution in [3.8, 4) is 0 Å². The fraction of sp³-hybridized carbons (Fsp3) is 0.444. The molecule has 0 spiro atoms. The van der Waals surface area contributed by atoms with E-state index in [0.29, 0.717) is 19.5 Å². The van der Waals surface area contributed by atoms with Crippen LogP contribution in [0.2, 0.25) is 0 Å². The normalized spacial score (nSPS) is 15.1. The third kappa shape index (κ3) is 9.09. The molecule has 0 bridgehead atoms. The Morgan fingerprint density at radius 3 is 2.41 bits per heavy atom. The van der Waals surface area contributed by atoms with E-state index in [1.54, 1.807) is 0 Å². The molecule has 1 aliphatic heterocycles. The summed E-state index contributed by atoms with van der Waals surface area (Å²) in [4.78, 5) is 2.60. The van der Waals surface area contributed by atoms with Crippen LogP contribution in [0.3, 0.4) is 0 Å². The first-order valence-electron chi connectivity index (χ1n) is 13.0. The fourth-order valence-electron chi connectivity index (χ4n) is 4.96. The number of rotatable bonds is 15. The molecule has 2 aromatic carbocycles. The van der Waals surface area contributed by atoms with Crippen LogP contribution in [-0.2, 0) is 35.0 Å². The maximum atomic E-state index is 11.2. The molecule has 0 amide bonds. The number of aryl methyl sites for hydroxylation is 1. The number of hydrogen-bond donors (Lipinski definition) is 2. The Hall–Kier alpha value is -2.30. The molecule has 0 unspecified atom stereocenters. The number of nitrogens with zero attached hydrogens (tertiary/aromatic N) is 2. The maximum Gasteiger partial charge on any atom is 0.266 e. The van der Waals surface area contributed by atoms with Gasteiger partial charge in [-0.25, -0.2) is 13.7 Å². The predicted octanol–water partition coefficient (Wildman–Crippen LogP) is 4.55. The van der Waals surface area contributed by atoms with Crippen molar-refractivity contribution in [3.63, 3.8) is 0 Å². The second-order valence-corrected chi connectivity index (χ2v) is 14.1. The Balaban J connectivity index is 1.93. The fourth-order valence-corrected chi connectivity index (χ4v) is 6.37. The molecule has 0 radical (unpaired) electrons. The van der Waals surface area contributed by atoms with Crippen LogP contribution in [0.25, 0.3) is 6.08 Å². The van der Waals surface area contributed by atoms with Gasteiger partial charge in [-0.2, -0.15) is 13.0 Å². The maximum absolute atomic E-state index is 11.2. The summed E-state index contributed by atoms with van der Waals surface area (Å²) >= 11 is 0.865. The van der Waals surface area contributed by atoms with Gasteiger partial charge in [0.25, 0.3) is 10.1 Å². The third-order valence-corrected chi connectivity index (χ3v) is 9.15. The molecule has 0 atom stereocenters. The van der Waals surface area contributed by atoms with E-state index >= 15 is 0 Å². The molecule has 2 aromatic rings. The van der Waals surface area contributed by atoms with Crippen LogP contribution in [0.15, 0.2) is 47.4 Å². The summed E-state index contributed by atoms with van der Waals surface area (Å²) in [6.07, 6.45) is 4.78. The van der Waals surface area contributed by atoms with Gasteiger partial charge >= 0.3 is 0 Å². The van der Waals surface area contributed by atoms with Gasteiger partial charge in [0.15, 0.2) is 5.71 Å². The number of hydrogen-bond acceptors (Lipinski definition) is 10. The quantitative estimate of drug-likeness (QED) is 0.0712. The summed E-state index contributed by atoms with van der Waals surface area (Å²) in [5.41, 5.74) is 5.26. The summed E-state index contributed by atoms with van der Waals surface area (Å²) < 4.78 is 71.6. The van der Waals surface area contributed by atoms with Crippen molar-refractivity contribution in [1.29, 1.82) is 0 Å². The van der Waals surface area contributed by atoms with Crippen molar-refractivity contribution in [2.45, 2.75) is 50.8 Å². The monoisotopic (exact) mass is 628 g/mol. The Morgan fingerprint density at radius 2 is 1.80 bits per heavy atom. The predicted molar refractivity (Wildman–Crippen MR) is 158 cm³/mol. The highest BCUT2D eigenvalue weighted by atomic mass is 32.2. The average Bonchev–Trinajstić information content (AvgIpc) is 3.09. The molecule has 0 aliphatic carbocycles. The molecule has 1 heterocycles. The van der Waals surface area contributed by atoms with Gasteiger partial charge in [-0.05, 0) is 75.6 Å². The van der Waals surface area contributed by atoms with Gasteiger partial charge in [-0.1, -0.05) is 11.1 Å². The van der Waals surface area contributed by atoms with Crippen LogP contribution in [0, 0.1) is 6.92 Å². The molecule has 0 aromatic heterocycles. The summed E-state index contributed by atoms with van der Waals surface area (Å²) in [6.45, 7) is 9.29. The van der Waals surface area contributed by atoms with Gasteiger partial charge < -0.3 is 9.45 Å². The van der Waals surface area contributed by atoms with Crippen LogP contribution in [-0.4, -0.2) is 72.6 Å². The van der Waals surface area contributed by atoms with Crippen molar-refractivity contribution in [2.75, 3.05) is 36.0 Å². The lowest BCUT2D eigenvalue weighted by Gasteiger charge is -2.23. The summed E-state index contributed by atoms with van der Waals surface area (Å²) in [5, 5.41) is 12.3. The van der Waals surface area contributed by atoms with Crippen LogP contribution in [0.1, 0.15) is 50.3 Å². The van der Waals surface area contributed by atoms with Crippen LogP contribution in [0.4, 0.5) is 11.4 Å². The Kier molecular flexibility index (Phi) is 11.2. The van der Waals surface area contributed by atoms with Gasteiger partial charge in [0.1, 0.15) is 6.54 Å². The van der Waals surface area contributed by atoms with Gasteiger partial charge in [0.2, 0.25) is 5.69 Å². The highest BCUT2D eigenvalue weighted by Crippen LogP contribution is 2.42. The molecular formula is C27H36N2O9S3. The first kappa shape index (κ1) is 33.2. The molecule has 14 heteroatoms.